The van der Waals surface area contributed by atoms with Crippen LogP contribution < -0.4 is 0 Å². The van der Waals surface area contributed by atoms with Gasteiger partial charge in [-0.25, -0.2) is 4.57 Å². The summed E-state index contributed by atoms with van der Waals surface area (Å²) in [5, 5.41) is 18.3. The Bertz CT molecular complexity index is 754. The zero-order valence-electron chi connectivity index (χ0n) is 32.6. The van der Waals surface area contributed by atoms with Gasteiger partial charge in [-0.2, -0.15) is 0 Å². The van der Waals surface area contributed by atoms with Crippen molar-refractivity contribution in [1.29, 1.82) is 0 Å². The zero-order valence-corrected chi connectivity index (χ0v) is 33.5. The summed E-state index contributed by atoms with van der Waals surface area (Å²) in [5.41, 5.74) is 0. The lowest BCUT2D eigenvalue weighted by Gasteiger charge is -2.20. The van der Waals surface area contributed by atoms with Gasteiger partial charge in [0.05, 0.1) is 26.4 Å². The first-order valence-corrected chi connectivity index (χ1v) is 22.5. The van der Waals surface area contributed by atoms with Crippen LogP contribution in [0.1, 0.15) is 206 Å². The molecule has 9 nitrogen and oxygen atoms in total. The van der Waals surface area contributed by atoms with E-state index in [2.05, 4.69) is 13.8 Å². The van der Waals surface area contributed by atoms with Crippen LogP contribution in [0.5, 0.6) is 0 Å². The Kier molecular flexibility index (Phi) is 37.8. The van der Waals surface area contributed by atoms with Gasteiger partial charge in [-0.3, -0.25) is 13.8 Å². The second-order valence-electron chi connectivity index (χ2n) is 14.4. The molecule has 0 aliphatic rings. The molecule has 0 radical (unpaired) electrons. The van der Waals surface area contributed by atoms with Crippen molar-refractivity contribution in [2.24, 2.45) is 0 Å². The molecule has 0 aromatic carbocycles. The number of unbranched alkanes of at least 4 members (excludes halogenated alkanes) is 27. The minimum Gasteiger partial charge on any atom is -0.457 e. The number of phosphoric ester groups is 1. The van der Waals surface area contributed by atoms with E-state index < -0.39 is 33.2 Å². The molecule has 0 spiro atoms. The zero-order chi connectivity index (χ0) is 36.8. The Labute approximate surface area is 308 Å². The normalized spacial score (nSPS) is 14.1. The van der Waals surface area contributed by atoms with Gasteiger partial charge in [0.1, 0.15) is 12.2 Å². The van der Waals surface area contributed by atoms with E-state index in [0.29, 0.717) is 6.61 Å². The van der Waals surface area contributed by atoms with Gasteiger partial charge in [0, 0.05) is 13.0 Å². The molecule has 3 N–H and O–H groups in total. The molecule has 0 aliphatic heterocycles. The van der Waals surface area contributed by atoms with E-state index in [9.17, 15) is 19.4 Å². The lowest BCUT2D eigenvalue weighted by Crippen LogP contribution is -2.29. The fourth-order valence-corrected chi connectivity index (χ4v) is 6.85. The van der Waals surface area contributed by atoms with Gasteiger partial charge in [0.2, 0.25) is 0 Å². The quantitative estimate of drug-likeness (QED) is 0.0319. The van der Waals surface area contributed by atoms with Crippen LogP contribution in [0.4, 0.5) is 0 Å². The predicted molar refractivity (Wildman–Crippen MR) is 205 cm³/mol. The van der Waals surface area contributed by atoms with Gasteiger partial charge >= 0.3 is 13.8 Å². The summed E-state index contributed by atoms with van der Waals surface area (Å²) < 4.78 is 33.3. The number of carbonyl (C=O) groups is 1. The lowest BCUT2D eigenvalue weighted by molar-refractivity contribution is -0.154. The van der Waals surface area contributed by atoms with Crippen LogP contribution >= 0.6 is 7.82 Å². The van der Waals surface area contributed by atoms with Crippen LogP contribution in [0.3, 0.4) is 0 Å². The Balaban J connectivity index is 4.13. The predicted octanol–water partition coefficient (Wildman–Crippen LogP) is 11.1. The molecule has 0 saturated carbocycles. The van der Waals surface area contributed by atoms with Gasteiger partial charge in [-0.05, 0) is 12.8 Å². The average Bonchev–Trinajstić information content (AvgIpc) is 3.10. The van der Waals surface area contributed by atoms with Crippen molar-refractivity contribution in [3.8, 4) is 0 Å². The molecule has 3 unspecified atom stereocenters. The molecule has 3 atom stereocenters. The molecule has 0 bridgehead atoms. The van der Waals surface area contributed by atoms with Crippen LogP contribution in [-0.2, 0) is 27.9 Å². The fraction of sp³-hybridized carbons (Fsp3) is 0.975. The number of aliphatic hydroxyl groups excluding tert-OH is 2. The minimum atomic E-state index is -4.50. The molecular formula is C40H81O9P. The number of esters is 1. The number of aliphatic hydroxyl groups is 2. The van der Waals surface area contributed by atoms with Gasteiger partial charge in [-0.15, -0.1) is 0 Å². The minimum absolute atomic E-state index is 0.0579. The standard InChI is InChI=1S/C40H81O9P/c1-3-5-7-9-11-13-15-17-18-19-21-23-25-27-29-31-33-46-36-39(37-48-50(44,45)47-35-38(42)34-41)49-40(43)32-30-28-26-24-22-20-16-14-12-10-8-6-4-2/h38-39,41-42H,3-37H2,1-2H3,(H,44,45). The molecule has 50 heavy (non-hydrogen) atoms. The number of ether oxygens (including phenoxy) is 2. The fourth-order valence-electron chi connectivity index (χ4n) is 6.06. The van der Waals surface area contributed by atoms with Crippen molar-refractivity contribution in [2.75, 3.05) is 33.0 Å². The summed E-state index contributed by atoms with van der Waals surface area (Å²) >= 11 is 0. The summed E-state index contributed by atoms with van der Waals surface area (Å²) in [4.78, 5) is 22.5. The highest BCUT2D eigenvalue weighted by atomic mass is 31.2. The largest absolute Gasteiger partial charge is 0.472 e. The maximum Gasteiger partial charge on any atom is 0.472 e. The van der Waals surface area contributed by atoms with Gasteiger partial charge in [0.15, 0.2) is 0 Å². The second kappa shape index (κ2) is 38.2. The molecule has 300 valence electrons. The maximum absolute atomic E-state index is 12.6. The third kappa shape index (κ3) is 37.2. The number of carbonyl (C=O) groups excluding carboxylic acids is 1. The van der Waals surface area contributed by atoms with Crippen molar-refractivity contribution >= 4 is 13.8 Å². The molecule has 0 saturated heterocycles. The van der Waals surface area contributed by atoms with Crippen LogP contribution in [0.25, 0.3) is 0 Å². The molecule has 0 amide bonds. The third-order valence-electron chi connectivity index (χ3n) is 9.29. The topological polar surface area (TPSA) is 132 Å². The first kappa shape index (κ1) is 49.5. The number of hydrogen-bond donors (Lipinski definition) is 3. The van der Waals surface area contributed by atoms with Crippen LogP contribution in [0, 0.1) is 0 Å². The second-order valence-corrected chi connectivity index (χ2v) is 15.8. The van der Waals surface area contributed by atoms with E-state index in [1.165, 1.54) is 154 Å². The summed E-state index contributed by atoms with van der Waals surface area (Å²) in [5.74, 6) is -0.378. The highest BCUT2D eigenvalue weighted by Crippen LogP contribution is 2.43. The molecular weight excluding hydrogens is 655 g/mol. The molecule has 0 heterocycles. The van der Waals surface area contributed by atoms with E-state index >= 15 is 0 Å². The Morgan fingerprint density at radius 2 is 0.900 bits per heavy atom. The maximum atomic E-state index is 12.6. The highest BCUT2D eigenvalue weighted by Gasteiger charge is 2.26. The van der Waals surface area contributed by atoms with E-state index in [1.54, 1.807) is 0 Å². The van der Waals surface area contributed by atoms with Gasteiger partial charge in [-0.1, -0.05) is 187 Å². The van der Waals surface area contributed by atoms with Crippen molar-refractivity contribution < 1.29 is 43.0 Å². The van der Waals surface area contributed by atoms with Crippen molar-refractivity contribution in [3.05, 3.63) is 0 Å². The van der Waals surface area contributed by atoms with Crippen LogP contribution in [0.2, 0.25) is 0 Å². The van der Waals surface area contributed by atoms with E-state index in [0.717, 1.165) is 32.1 Å². The summed E-state index contributed by atoms with van der Waals surface area (Å²) in [6, 6.07) is 0. The molecule has 0 aromatic heterocycles. The van der Waals surface area contributed by atoms with E-state index in [1.807, 2.05) is 0 Å². The van der Waals surface area contributed by atoms with Crippen LogP contribution in [-0.4, -0.2) is 66.3 Å². The summed E-state index contributed by atoms with van der Waals surface area (Å²) in [6.45, 7) is 3.56. The van der Waals surface area contributed by atoms with Crippen LogP contribution in [0.15, 0.2) is 0 Å². The van der Waals surface area contributed by atoms with Gasteiger partial charge < -0.3 is 24.6 Å². The molecule has 0 aromatic rings. The first-order chi connectivity index (χ1) is 24.3. The van der Waals surface area contributed by atoms with Crippen molar-refractivity contribution in [2.45, 2.75) is 219 Å². The number of phosphoric acid groups is 1. The molecule has 10 heteroatoms. The average molecular weight is 737 g/mol. The highest BCUT2D eigenvalue weighted by molar-refractivity contribution is 7.47. The van der Waals surface area contributed by atoms with Crippen molar-refractivity contribution in [1.82, 2.24) is 0 Å². The van der Waals surface area contributed by atoms with Gasteiger partial charge in [0.25, 0.3) is 0 Å². The van der Waals surface area contributed by atoms with E-state index in [4.69, 9.17) is 23.6 Å². The number of hydrogen-bond acceptors (Lipinski definition) is 8. The molecule has 0 aliphatic carbocycles. The Morgan fingerprint density at radius 3 is 1.30 bits per heavy atom. The molecule has 0 fully saturated rings. The Morgan fingerprint density at radius 1 is 0.540 bits per heavy atom. The smallest absolute Gasteiger partial charge is 0.457 e. The monoisotopic (exact) mass is 737 g/mol. The summed E-state index contributed by atoms with van der Waals surface area (Å²) in [7, 11) is -4.50. The summed E-state index contributed by atoms with van der Waals surface area (Å²) in [6.07, 6.45) is 34.8. The number of rotatable bonds is 41. The van der Waals surface area contributed by atoms with E-state index in [-0.39, 0.29) is 25.6 Å². The Hall–Kier alpha value is -0.540. The first-order valence-electron chi connectivity index (χ1n) is 21.0. The molecule has 0 rings (SSSR count). The third-order valence-corrected chi connectivity index (χ3v) is 10.2. The SMILES string of the molecule is CCCCCCCCCCCCCCCCCCOCC(COP(=O)(O)OCC(O)CO)OC(=O)CCCCCCCCCCCCCCC. The lowest BCUT2D eigenvalue weighted by atomic mass is 10.0. The van der Waals surface area contributed by atoms with Crippen molar-refractivity contribution in [3.63, 3.8) is 0 Å².